The molecule has 41 heavy (non-hydrogen) atoms. The van der Waals surface area contributed by atoms with Crippen LogP contribution >= 0.6 is 0 Å². The van der Waals surface area contributed by atoms with Gasteiger partial charge in [-0.3, -0.25) is 13.9 Å². The SMILES string of the molecule is CC[C@@H](C(=O)NCC(C)C)N(Cc1ccc(F)cc1)C(=O)CN(c1ccc(OCc2ccccc2)cc1)S(C)(=O)=O. The van der Waals surface area contributed by atoms with Crippen molar-refractivity contribution in [2.45, 2.75) is 46.4 Å². The first-order chi connectivity index (χ1) is 19.5. The first-order valence-corrected chi connectivity index (χ1v) is 15.4. The van der Waals surface area contributed by atoms with Crippen LogP contribution in [-0.2, 0) is 32.8 Å². The third-order valence-corrected chi connectivity index (χ3v) is 7.53. The topological polar surface area (TPSA) is 96.0 Å². The Kier molecular flexibility index (Phi) is 11.3. The van der Waals surface area contributed by atoms with Crippen molar-refractivity contribution in [3.8, 4) is 5.75 Å². The molecule has 0 radical (unpaired) electrons. The molecule has 1 atom stereocenters. The number of anilines is 1. The molecule has 0 fully saturated rings. The maximum absolute atomic E-state index is 13.8. The Morgan fingerprint density at radius 3 is 2.12 bits per heavy atom. The van der Waals surface area contributed by atoms with Gasteiger partial charge in [0.2, 0.25) is 21.8 Å². The molecule has 2 amide bonds. The highest BCUT2D eigenvalue weighted by atomic mass is 32.2. The molecule has 0 aromatic heterocycles. The second-order valence-electron chi connectivity index (χ2n) is 10.2. The smallest absolute Gasteiger partial charge is 0.244 e. The van der Waals surface area contributed by atoms with Crippen LogP contribution in [0.1, 0.15) is 38.3 Å². The molecular weight excluding hydrogens is 545 g/mol. The molecule has 0 spiro atoms. The minimum Gasteiger partial charge on any atom is -0.489 e. The number of carbonyl (C=O) groups excluding carboxylic acids is 2. The van der Waals surface area contributed by atoms with Gasteiger partial charge < -0.3 is 15.0 Å². The fraction of sp³-hybridized carbons (Fsp3) is 0.355. The molecule has 0 unspecified atom stereocenters. The lowest BCUT2D eigenvalue weighted by molar-refractivity contribution is -0.140. The van der Waals surface area contributed by atoms with E-state index in [1.165, 1.54) is 29.2 Å². The van der Waals surface area contributed by atoms with Gasteiger partial charge in [0, 0.05) is 13.1 Å². The van der Waals surface area contributed by atoms with Gasteiger partial charge in [0.05, 0.1) is 11.9 Å². The third-order valence-electron chi connectivity index (χ3n) is 6.39. The van der Waals surface area contributed by atoms with E-state index in [9.17, 15) is 22.4 Å². The van der Waals surface area contributed by atoms with E-state index in [0.717, 1.165) is 16.1 Å². The second-order valence-corrected chi connectivity index (χ2v) is 12.2. The van der Waals surface area contributed by atoms with Crippen LogP contribution in [0.25, 0.3) is 0 Å². The molecule has 0 heterocycles. The Bertz CT molecular complexity index is 1380. The third kappa shape index (κ3) is 9.60. The van der Waals surface area contributed by atoms with Gasteiger partial charge in [-0.2, -0.15) is 0 Å². The van der Waals surface area contributed by atoms with E-state index in [2.05, 4.69) is 5.32 Å². The monoisotopic (exact) mass is 583 g/mol. The summed E-state index contributed by atoms with van der Waals surface area (Å²) < 4.78 is 46.0. The van der Waals surface area contributed by atoms with Gasteiger partial charge in [-0.1, -0.05) is 63.2 Å². The highest BCUT2D eigenvalue weighted by Gasteiger charge is 2.31. The van der Waals surface area contributed by atoms with E-state index in [0.29, 0.717) is 30.9 Å². The van der Waals surface area contributed by atoms with Gasteiger partial charge in [0.1, 0.15) is 30.8 Å². The van der Waals surface area contributed by atoms with E-state index in [-0.39, 0.29) is 24.1 Å². The fourth-order valence-corrected chi connectivity index (χ4v) is 5.04. The van der Waals surface area contributed by atoms with E-state index < -0.39 is 34.3 Å². The summed E-state index contributed by atoms with van der Waals surface area (Å²) in [6, 6.07) is 20.9. The summed E-state index contributed by atoms with van der Waals surface area (Å²) in [4.78, 5) is 28.2. The molecule has 8 nitrogen and oxygen atoms in total. The molecule has 0 aliphatic carbocycles. The zero-order valence-corrected chi connectivity index (χ0v) is 24.7. The lowest BCUT2D eigenvalue weighted by Gasteiger charge is -2.33. The van der Waals surface area contributed by atoms with Crippen LogP contribution in [0.4, 0.5) is 10.1 Å². The number of rotatable bonds is 14. The fourth-order valence-electron chi connectivity index (χ4n) is 4.19. The molecule has 1 N–H and O–H groups in total. The summed E-state index contributed by atoms with van der Waals surface area (Å²) in [7, 11) is -3.87. The van der Waals surface area contributed by atoms with Crippen molar-refractivity contribution in [1.29, 1.82) is 0 Å². The van der Waals surface area contributed by atoms with E-state index in [1.54, 1.807) is 31.2 Å². The van der Waals surface area contributed by atoms with Gasteiger partial charge in [0.15, 0.2) is 0 Å². The van der Waals surface area contributed by atoms with Gasteiger partial charge in [-0.15, -0.1) is 0 Å². The Hall–Kier alpha value is -3.92. The van der Waals surface area contributed by atoms with E-state index in [1.807, 2.05) is 44.2 Å². The molecule has 220 valence electrons. The molecule has 0 saturated heterocycles. The van der Waals surface area contributed by atoms with Crippen LogP contribution in [0.3, 0.4) is 0 Å². The number of sulfonamides is 1. The van der Waals surface area contributed by atoms with Crippen molar-refractivity contribution in [3.63, 3.8) is 0 Å². The normalized spacial score (nSPS) is 12.0. The minimum atomic E-state index is -3.87. The number of halogens is 1. The quantitative estimate of drug-likeness (QED) is 0.296. The highest BCUT2D eigenvalue weighted by Crippen LogP contribution is 2.23. The Balaban J connectivity index is 1.84. The number of ether oxygens (including phenoxy) is 1. The Morgan fingerprint density at radius 2 is 1.56 bits per heavy atom. The summed E-state index contributed by atoms with van der Waals surface area (Å²) >= 11 is 0. The van der Waals surface area contributed by atoms with Crippen LogP contribution in [-0.4, -0.2) is 50.5 Å². The standard InChI is InChI=1S/C31H38FN3O5S/c1-5-29(31(37)33-19-23(2)3)34(20-24-11-13-26(32)14-12-24)30(36)21-35(41(4,38)39)27-15-17-28(18-16-27)40-22-25-9-7-6-8-10-25/h6-18,23,29H,5,19-22H2,1-4H3,(H,33,37)/t29-/m0/s1. The van der Waals surface area contributed by atoms with Crippen LogP contribution in [0.2, 0.25) is 0 Å². The summed E-state index contributed by atoms with van der Waals surface area (Å²) in [5.41, 5.74) is 1.89. The van der Waals surface area contributed by atoms with Gasteiger partial charge >= 0.3 is 0 Å². The number of nitrogens with one attached hydrogen (secondary N) is 1. The van der Waals surface area contributed by atoms with Crippen LogP contribution in [0.15, 0.2) is 78.9 Å². The van der Waals surface area contributed by atoms with Crippen molar-refractivity contribution in [3.05, 3.63) is 95.8 Å². The van der Waals surface area contributed by atoms with Crippen molar-refractivity contribution < 1.29 is 27.1 Å². The minimum absolute atomic E-state index is 0.0105. The lowest BCUT2D eigenvalue weighted by Crippen LogP contribution is -2.52. The van der Waals surface area contributed by atoms with Crippen molar-refractivity contribution in [1.82, 2.24) is 10.2 Å². The summed E-state index contributed by atoms with van der Waals surface area (Å²) in [5, 5.41) is 2.87. The van der Waals surface area contributed by atoms with E-state index in [4.69, 9.17) is 4.74 Å². The summed E-state index contributed by atoms with van der Waals surface area (Å²) in [6.45, 7) is 5.99. The molecular formula is C31H38FN3O5S. The van der Waals surface area contributed by atoms with Gasteiger partial charge in [-0.25, -0.2) is 12.8 Å². The van der Waals surface area contributed by atoms with Crippen LogP contribution in [0, 0.1) is 11.7 Å². The molecule has 3 rings (SSSR count). The first kappa shape index (κ1) is 31.6. The Labute approximate surface area is 242 Å². The molecule has 3 aromatic rings. The average molecular weight is 584 g/mol. The van der Waals surface area contributed by atoms with Gasteiger partial charge in [-0.05, 0) is 59.9 Å². The van der Waals surface area contributed by atoms with E-state index >= 15 is 0 Å². The number of nitrogens with zero attached hydrogens (tertiary/aromatic N) is 2. The predicted molar refractivity (Wildman–Crippen MR) is 158 cm³/mol. The van der Waals surface area contributed by atoms with Crippen LogP contribution < -0.4 is 14.4 Å². The maximum atomic E-state index is 13.8. The lowest BCUT2D eigenvalue weighted by atomic mass is 10.1. The van der Waals surface area contributed by atoms with Crippen LogP contribution in [0.5, 0.6) is 5.75 Å². The Morgan fingerprint density at radius 1 is 0.927 bits per heavy atom. The molecule has 3 aromatic carbocycles. The number of amides is 2. The number of hydrogen-bond donors (Lipinski definition) is 1. The van der Waals surface area contributed by atoms with Crippen molar-refractivity contribution in [2.75, 3.05) is 23.7 Å². The summed E-state index contributed by atoms with van der Waals surface area (Å²) in [6.07, 6.45) is 1.33. The number of benzene rings is 3. The second kappa shape index (κ2) is 14.6. The molecule has 0 aliphatic rings. The van der Waals surface area contributed by atoms with Crippen molar-refractivity contribution >= 4 is 27.5 Å². The number of hydrogen-bond acceptors (Lipinski definition) is 5. The van der Waals surface area contributed by atoms with Crippen molar-refractivity contribution in [2.24, 2.45) is 5.92 Å². The van der Waals surface area contributed by atoms with Gasteiger partial charge in [0.25, 0.3) is 0 Å². The largest absolute Gasteiger partial charge is 0.489 e. The molecule has 0 saturated carbocycles. The predicted octanol–water partition coefficient (Wildman–Crippen LogP) is 4.75. The molecule has 0 aliphatic heterocycles. The zero-order valence-electron chi connectivity index (χ0n) is 23.9. The summed E-state index contributed by atoms with van der Waals surface area (Å²) in [5.74, 6) is -0.563. The molecule has 0 bridgehead atoms. The molecule has 10 heteroatoms. The maximum Gasteiger partial charge on any atom is 0.244 e. The average Bonchev–Trinajstić information content (AvgIpc) is 2.94. The zero-order chi connectivity index (χ0) is 30.0. The highest BCUT2D eigenvalue weighted by molar-refractivity contribution is 7.92. The first-order valence-electron chi connectivity index (χ1n) is 13.5. The number of carbonyl (C=O) groups is 2.